The molecule has 1 rings (SSSR count). The van der Waals surface area contributed by atoms with Gasteiger partial charge in [0.1, 0.15) is 5.92 Å². The van der Waals surface area contributed by atoms with Gasteiger partial charge in [-0.3, -0.25) is 0 Å². The monoisotopic (exact) mass is 253 g/mol. The first kappa shape index (κ1) is 14.1. The molecule has 4 nitrogen and oxygen atoms in total. The van der Waals surface area contributed by atoms with Gasteiger partial charge in [-0.25, -0.2) is 0 Å². The summed E-state index contributed by atoms with van der Waals surface area (Å²) in [7, 11) is 0. The molecule has 3 atom stereocenters. The van der Waals surface area contributed by atoms with Gasteiger partial charge in [-0.05, 0) is 18.8 Å². The topological polar surface area (TPSA) is 70.6 Å². The van der Waals surface area contributed by atoms with Crippen molar-refractivity contribution in [2.45, 2.75) is 38.4 Å². The summed E-state index contributed by atoms with van der Waals surface area (Å²) in [6, 6.07) is 0.0892. The van der Waals surface area contributed by atoms with Crippen LogP contribution in [0.4, 0.5) is 13.2 Å². The minimum Gasteiger partial charge on any atom is -0.409 e. The Hall–Kier alpha value is -0.980. The number of rotatable bonds is 4. The number of oxime groups is 1. The van der Waals surface area contributed by atoms with Gasteiger partial charge in [0.05, 0.1) is 0 Å². The molecule has 0 aromatic heterocycles. The van der Waals surface area contributed by atoms with Crippen LogP contribution in [0.2, 0.25) is 0 Å². The van der Waals surface area contributed by atoms with Gasteiger partial charge in [0.15, 0.2) is 5.84 Å². The normalized spacial score (nSPS) is 28.4. The Kier molecular flexibility index (Phi) is 4.62. The second-order valence-electron chi connectivity index (χ2n) is 4.54. The Labute approximate surface area is 98.0 Å². The maximum atomic E-state index is 12.6. The van der Waals surface area contributed by atoms with Crippen LogP contribution in [-0.2, 0) is 0 Å². The first-order valence-corrected chi connectivity index (χ1v) is 5.63. The van der Waals surface area contributed by atoms with E-state index in [0.717, 1.165) is 19.3 Å². The highest BCUT2D eigenvalue weighted by Crippen LogP contribution is 2.28. The molecule has 0 spiro atoms. The van der Waals surface area contributed by atoms with Gasteiger partial charge in [0.25, 0.3) is 0 Å². The highest BCUT2D eigenvalue weighted by atomic mass is 19.4. The Morgan fingerprint density at radius 1 is 1.53 bits per heavy atom. The van der Waals surface area contributed by atoms with Crippen molar-refractivity contribution in [3.63, 3.8) is 0 Å². The fourth-order valence-electron chi connectivity index (χ4n) is 2.18. The molecule has 0 heterocycles. The lowest BCUT2D eigenvalue weighted by atomic mass is 10.0. The summed E-state index contributed by atoms with van der Waals surface area (Å²) in [5.74, 6) is -2.35. The fourth-order valence-corrected chi connectivity index (χ4v) is 2.18. The van der Waals surface area contributed by atoms with E-state index in [1.165, 1.54) is 0 Å². The molecule has 0 radical (unpaired) electrons. The number of nitrogens with two attached hydrogens (primary N) is 1. The van der Waals surface area contributed by atoms with E-state index in [-0.39, 0.29) is 12.6 Å². The van der Waals surface area contributed by atoms with Crippen molar-refractivity contribution in [2.75, 3.05) is 6.54 Å². The molecule has 1 aliphatic carbocycles. The summed E-state index contributed by atoms with van der Waals surface area (Å²) < 4.78 is 37.8. The first-order chi connectivity index (χ1) is 7.86. The zero-order chi connectivity index (χ0) is 13.1. The largest absolute Gasteiger partial charge is 0.409 e. The summed E-state index contributed by atoms with van der Waals surface area (Å²) in [6.07, 6.45) is -1.57. The van der Waals surface area contributed by atoms with Crippen molar-refractivity contribution < 1.29 is 18.4 Å². The second kappa shape index (κ2) is 5.57. The molecule has 17 heavy (non-hydrogen) atoms. The van der Waals surface area contributed by atoms with Gasteiger partial charge < -0.3 is 16.3 Å². The second-order valence-corrected chi connectivity index (χ2v) is 4.54. The Morgan fingerprint density at radius 2 is 2.18 bits per heavy atom. The van der Waals surface area contributed by atoms with Gasteiger partial charge in [-0.15, -0.1) is 0 Å². The Morgan fingerprint density at radius 3 is 2.59 bits per heavy atom. The maximum absolute atomic E-state index is 12.6. The van der Waals surface area contributed by atoms with Crippen molar-refractivity contribution in [2.24, 2.45) is 22.7 Å². The van der Waals surface area contributed by atoms with Crippen molar-refractivity contribution in [3.05, 3.63) is 0 Å². The van der Waals surface area contributed by atoms with E-state index in [1.807, 2.05) is 6.92 Å². The fraction of sp³-hybridized carbons (Fsp3) is 0.900. The Balaban J connectivity index is 2.56. The molecule has 7 heteroatoms. The third-order valence-electron chi connectivity index (χ3n) is 3.31. The zero-order valence-electron chi connectivity index (χ0n) is 9.67. The first-order valence-electron chi connectivity index (χ1n) is 5.63. The molecule has 0 saturated heterocycles. The van der Waals surface area contributed by atoms with Crippen molar-refractivity contribution in [1.82, 2.24) is 5.32 Å². The minimum absolute atomic E-state index is 0.0892. The average molecular weight is 253 g/mol. The van der Waals surface area contributed by atoms with Gasteiger partial charge >= 0.3 is 6.18 Å². The molecule has 0 aliphatic heterocycles. The van der Waals surface area contributed by atoms with Crippen molar-refractivity contribution >= 4 is 5.84 Å². The van der Waals surface area contributed by atoms with Crippen LogP contribution in [0.3, 0.4) is 0 Å². The van der Waals surface area contributed by atoms with E-state index in [2.05, 4.69) is 10.5 Å². The SMILES string of the molecule is CC1CCCC1NCC(C(N)=NO)C(F)(F)F. The van der Waals surface area contributed by atoms with Crippen LogP contribution >= 0.6 is 0 Å². The van der Waals surface area contributed by atoms with E-state index in [9.17, 15) is 13.2 Å². The molecule has 4 N–H and O–H groups in total. The third-order valence-corrected chi connectivity index (χ3v) is 3.31. The molecule has 0 aromatic rings. The van der Waals surface area contributed by atoms with Crippen LogP contribution in [-0.4, -0.2) is 29.8 Å². The van der Waals surface area contributed by atoms with Gasteiger partial charge in [0, 0.05) is 12.6 Å². The predicted octanol–water partition coefficient (Wildman–Crippen LogP) is 1.69. The minimum atomic E-state index is -4.49. The standard InChI is InChI=1S/C10H18F3N3O/c1-6-3-2-4-8(6)15-5-7(9(14)16-17)10(11,12)13/h6-8,15,17H,2-5H2,1H3,(H2,14,16). The van der Waals surface area contributed by atoms with E-state index < -0.39 is 17.9 Å². The highest BCUT2D eigenvalue weighted by Gasteiger charge is 2.43. The molecule has 0 amide bonds. The van der Waals surface area contributed by atoms with Crippen LogP contribution in [0.25, 0.3) is 0 Å². The zero-order valence-corrected chi connectivity index (χ0v) is 9.67. The highest BCUT2D eigenvalue weighted by molar-refractivity contribution is 5.83. The van der Waals surface area contributed by atoms with Crippen LogP contribution in [0.15, 0.2) is 5.16 Å². The van der Waals surface area contributed by atoms with Crippen LogP contribution < -0.4 is 11.1 Å². The average Bonchev–Trinajstić information content (AvgIpc) is 2.62. The number of hydrogen-bond acceptors (Lipinski definition) is 3. The van der Waals surface area contributed by atoms with E-state index in [1.54, 1.807) is 0 Å². The lowest BCUT2D eigenvalue weighted by Gasteiger charge is -2.23. The van der Waals surface area contributed by atoms with Crippen LogP contribution in [0.5, 0.6) is 0 Å². The van der Waals surface area contributed by atoms with Gasteiger partial charge in [-0.2, -0.15) is 13.2 Å². The molecular formula is C10H18F3N3O. The number of nitrogens with zero attached hydrogens (tertiary/aromatic N) is 1. The quantitative estimate of drug-likeness (QED) is 0.309. The smallest absolute Gasteiger partial charge is 0.400 e. The molecule has 0 bridgehead atoms. The van der Waals surface area contributed by atoms with Crippen LogP contribution in [0.1, 0.15) is 26.2 Å². The molecule has 100 valence electrons. The van der Waals surface area contributed by atoms with E-state index in [4.69, 9.17) is 10.9 Å². The van der Waals surface area contributed by atoms with Gasteiger partial charge in [-0.1, -0.05) is 18.5 Å². The predicted molar refractivity (Wildman–Crippen MR) is 57.8 cm³/mol. The summed E-state index contributed by atoms with van der Waals surface area (Å²) in [6.45, 7) is 1.67. The maximum Gasteiger partial charge on any atom is 0.400 e. The number of hydrogen-bond donors (Lipinski definition) is 3. The lowest BCUT2D eigenvalue weighted by Crippen LogP contribution is -2.46. The lowest BCUT2D eigenvalue weighted by molar-refractivity contribution is -0.155. The van der Waals surface area contributed by atoms with E-state index >= 15 is 0 Å². The summed E-state index contributed by atoms with van der Waals surface area (Å²) in [5.41, 5.74) is 5.06. The van der Waals surface area contributed by atoms with Gasteiger partial charge in [0.2, 0.25) is 0 Å². The van der Waals surface area contributed by atoms with E-state index in [0.29, 0.717) is 5.92 Å². The number of nitrogens with one attached hydrogen (secondary N) is 1. The summed E-state index contributed by atoms with van der Waals surface area (Å²) >= 11 is 0. The molecule has 0 aromatic carbocycles. The van der Waals surface area contributed by atoms with Crippen molar-refractivity contribution in [1.29, 1.82) is 0 Å². The summed E-state index contributed by atoms with van der Waals surface area (Å²) in [5, 5.41) is 13.7. The molecular weight excluding hydrogens is 235 g/mol. The number of alkyl halides is 3. The molecule has 1 fully saturated rings. The number of amidine groups is 1. The number of halogens is 3. The molecule has 1 aliphatic rings. The Bertz CT molecular complexity index is 280. The van der Waals surface area contributed by atoms with Crippen LogP contribution in [0, 0.1) is 11.8 Å². The summed E-state index contributed by atoms with van der Waals surface area (Å²) in [4.78, 5) is 0. The third kappa shape index (κ3) is 3.76. The van der Waals surface area contributed by atoms with Crippen molar-refractivity contribution in [3.8, 4) is 0 Å². The molecule has 1 saturated carbocycles. The molecule has 3 unspecified atom stereocenters.